The Morgan fingerprint density at radius 3 is 2.48 bits per heavy atom. The maximum Gasteiger partial charge on any atom is 0.276 e. The van der Waals surface area contributed by atoms with Gasteiger partial charge in [0, 0.05) is 18.7 Å². The zero-order valence-corrected chi connectivity index (χ0v) is 18.8. The van der Waals surface area contributed by atoms with Crippen molar-refractivity contribution in [1.82, 2.24) is 15.2 Å². The summed E-state index contributed by atoms with van der Waals surface area (Å²) in [6.45, 7) is 4.33. The third-order valence-electron chi connectivity index (χ3n) is 4.89. The van der Waals surface area contributed by atoms with Crippen molar-refractivity contribution in [3.8, 4) is 5.75 Å². The van der Waals surface area contributed by atoms with Gasteiger partial charge in [0.15, 0.2) is 6.61 Å². The first-order valence-corrected chi connectivity index (χ1v) is 11.6. The van der Waals surface area contributed by atoms with Crippen molar-refractivity contribution >= 4 is 33.4 Å². The molecule has 31 heavy (non-hydrogen) atoms. The smallest absolute Gasteiger partial charge is 0.276 e. The summed E-state index contributed by atoms with van der Waals surface area (Å²) in [6.07, 6.45) is 1.57. The van der Waals surface area contributed by atoms with E-state index in [4.69, 9.17) is 16.3 Å². The standard InChI is InChI=1S/C21H24ClN3O5S/c1-14-5-6-15(2)18(11-14)30-13-20(26)23-24-21(27)16-7-8-17(22)19(12-16)31(28,29)25-9-3-4-10-25/h5-8,11-12H,3-4,9-10,13H2,1-2H3,(H,23,26)(H,24,27). The molecule has 2 aromatic rings. The van der Waals surface area contributed by atoms with Crippen molar-refractivity contribution in [3.05, 3.63) is 58.1 Å². The van der Waals surface area contributed by atoms with Crippen LogP contribution in [0.1, 0.15) is 34.3 Å². The fourth-order valence-corrected chi connectivity index (χ4v) is 5.17. The number of hydrazine groups is 1. The van der Waals surface area contributed by atoms with Gasteiger partial charge in [-0.1, -0.05) is 23.7 Å². The molecular weight excluding hydrogens is 442 g/mol. The van der Waals surface area contributed by atoms with E-state index < -0.39 is 21.8 Å². The van der Waals surface area contributed by atoms with Crippen LogP contribution in [-0.4, -0.2) is 44.2 Å². The SMILES string of the molecule is Cc1ccc(C)c(OCC(=O)NNC(=O)c2ccc(Cl)c(S(=O)(=O)N3CCCC3)c2)c1. The van der Waals surface area contributed by atoms with Crippen molar-refractivity contribution in [3.63, 3.8) is 0 Å². The predicted molar refractivity (Wildman–Crippen MR) is 116 cm³/mol. The van der Waals surface area contributed by atoms with E-state index in [1.807, 2.05) is 32.0 Å². The zero-order chi connectivity index (χ0) is 22.6. The van der Waals surface area contributed by atoms with Crippen LogP contribution in [0.3, 0.4) is 0 Å². The van der Waals surface area contributed by atoms with Crippen LogP contribution in [0.2, 0.25) is 5.02 Å². The molecule has 0 spiro atoms. The number of sulfonamides is 1. The molecule has 2 amide bonds. The summed E-state index contributed by atoms with van der Waals surface area (Å²) >= 11 is 6.09. The second kappa shape index (κ2) is 9.67. The molecule has 0 bridgehead atoms. The van der Waals surface area contributed by atoms with Gasteiger partial charge in [-0.25, -0.2) is 8.42 Å². The summed E-state index contributed by atoms with van der Waals surface area (Å²) in [4.78, 5) is 24.3. The highest BCUT2D eigenvalue weighted by atomic mass is 35.5. The number of amides is 2. The summed E-state index contributed by atoms with van der Waals surface area (Å²) < 4.78 is 32.4. The number of ether oxygens (including phenoxy) is 1. The van der Waals surface area contributed by atoms with Gasteiger partial charge in [-0.15, -0.1) is 0 Å². The van der Waals surface area contributed by atoms with Gasteiger partial charge in [-0.3, -0.25) is 20.4 Å². The molecule has 166 valence electrons. The minimum atomic E-state index is -3.79. The van der Waals surface area contributed by atoms with Crippen molar-refractivity contribution in [1.29, 1.82) is 0 Å². The van der Waals surface area contributed by atoms with E-state index in [-0.39, 0.29) is 22.1 Å². The van der Waals surface area contributed by atoms with Crippen LogP contribution in [0.15, 0.2) is 41.3 Å². The van der Waals surface area contributed by atoms with Gasteiger partial charge in [0.05, 0.1) is 5.02 Å². The molecule has 0 atom stereocenters. The van der Waals surface area contributed by atoms with Crippen LogP contribution in [0.5, 0.6) is 5.75 Å². The minimum Gasteiger partial charge on any atom is -0.483 e. The number of aryl methyl sites for hydroxylation is 2. The van der Waals surface area contributed by atoms with Gasteiger partial charge in [0.1, 0.15) is 10.6 Å². The molecule has 1 heterocycles. The molecule has 0 aromatic heterocycles. The molecule has 0 saturated carbocycles. The van der Waals surface area contributed by atoms with Crippen LogP contribution in [0, 0.1) is 13.8 Å². The molecule has 0 aliphatic carbocycles. The van der Waals surface area contributed by atoms with Crippen LogP contribution in [-0.2, 0) is 14.8 Å². The first-order chi connectivity index (χ1) is 14.7. The van der Waals surface area contributed by atoms with Gasteiger partial charge in [0.25, 0.3) is 11.8 Å². The Bertz CT molecular complexity index is 1100. The molecule has 1 aliphatic rings. The Hall–Kier alpha value is -2.62. The number of benzene rings is 2. The lowest BCUT2D eigenvalue weighted by atomic mass is 10.1. The predicted octanol–water partition coefficient (Wildman–Crippen LogP) is 2.58. The van der Waals surface area contributed by atoms with Crippen molar-refractivity contribution < 1.29 is 22.7 Å². The molecule has 2 N–H and O–H groups in total. The minimum absolute atomic E-state index is 0.0365. The largest absolute Gasteiger partial charge is 0.483 e. The van der Waals surface area contributed by atoms with E-state index in [1.165, 1.54) is 22.5 Å². The number of hydrogen-bond donors (Lipinski definition) is 2. The van der Waals surface area contributed by atoms with Crippen molar-refractivity contribution in [2.24, 2.45) is 0 Å². The molecule has 0 radical (unpaired) electrons. The highest BCUT2D eigenvalue weighted by molar-refractivity contribution is 7.89. The third kappa shape index (κ3) is 5.55. The number of hydrogen-bond acceptors (Lipinski definition) is 5. The van der Waals surface area contributed by atoms with E-state index in [0.29, 0.717) is 18.8 Å². The first kappa shape index (κ1) is 23.1. The Balaban J connectivity index is 1.61. The Morgan fingerprint density at radius 1 is 1.06 bits per heavy atom. The van der Waals surface area contributed by atoms with Gasteiger partial charge in [-0.05, 0) is 62.1 Å². The lowest BCUT2D eigenvalue weighted by molar-refractivity contribution is -0.123. The van der Waals surface area contributed by atoms with E-state index in [9.17, 15) is 18.0 Å². The average Bonchev–Trinajstić information content (AvgIpc) is 3.28. The molecule has 2 aromatic carbocycles. The van der Waals surface area contributed by atoms with E-state index in [1.54, 1.807) is 0 Å². The molecule has 1 saturated heterocycles. The lowest BCUT2D eigenvalue weighted by Crippen LogP contribution is -2.43. The number of nitrogens with one attached hydrogen (secondary N) is 2. The van der Waals surface area contributed by atoms with Gasteiger partial charge in [0.2, 0.25) is 10.0 Å². The topological polar surface area (TPSA) is 105 Å². The van der Waals surface area contributed by atoms with Crippen molar-refractivity contribution in [2.45, 2.75) is 31.6 Å². The normalized spacial score (nSPS) is 14.3. The summed E-state index contributed by atoms with van der Waals surface area (Å²) in [5, 5.41) is 0.0365. The molecule has 3 rings (SSSR count). The average molecular weight is 466 g/mol. The summed E-state index contributed by atoms with van der Waals surface area (Å²) in [5.74, 6) is -0.654. The van der Waals surface area contributed by atoms with Gasteiger partial charge in [-0.2, -0.15) is 4.31 Å². The van der Waals surface area contributed by atoms with E-state index in [0.717, 1.165) is 24.0 Å². The van der Waals surface area contributed by atoms with E-state index >= 15 is 0 Å². The fourth-order valence-electron chi connectivity index (χ4n) is 3.15. The second-order valence-corrected chi connectivity index (χ2v) is 9.63. The molecule has 10 heteroatoms. The second-order valence-electron chi connectivity index (χ2n) is 7.32. The molecule has 8 nitrogen and oxygen atoms in total. The maximum atomic E-state index is 12.8. The van der Waals surface area contributed by atoms with Gasteiger partial charge >= 0.3 is 0 Å². The van der Waals surface area contributed by atoms with Crippen molar-refractivity contribution in [2.75, 3.05) is 19.7 Å². The van der Waals surface area contributed by atoms with Crippen LogP contribution < -0.4 is 15.6 Å². The highest BCUT2D eigenvalue weighted by Crippen LogP contribution is 2.28. The Labute approximate surface area is 186 Å². The van der Waals surface area contributed by atoms with Crippen LogP contribution in [0.4, 0.5) is 0 Å². The number of rotatable bonds is 6. The molecular formula is C21H24ClN3O5S. The number of halogens is 1. The summed E-state index contributed by atoms with van der Waals surface area (Å²) in [7, 11) is -3.79. The highest BCUT2D eigenvalue weighted by Gasteiger charge is 2.29. The lowest BCUT2D eigenvalue weighted by Gasteiger charge is -2.17. The quantitative estimate of drug-likeness (QED) is 0.638. The monoisotopic (exact) mass is 465 g/mol. The van der Waals surface area contributed by atoms with Crippen LogP contribution in [0.25, 0.3) is 0 Å². The Morgan fingerprint density at radius 2 is 1.77 bits per heavy atom. The molecule has 1 fully saturated rings. The van der Waals surface area contributed by atoms with E-state index in [2.05, 4.69) is 10.9 Å². The van der Waals surface area contributed by atoms with Gasteiger partial charge < -0.3 is 4.74 Å². The Kier molecular flexibility index (Phi) is 7.19. The molecule has 1 aliphatic heterocycles. The number of carbonyl (C=O) groups is 2. The maximum absolute atomic E-state index is 12.8. The third-order valence-corrected chi connectivity index (χ3v) is 7.27. The van der Waals surface area contributed by atoms with Crippen LogP contribution >= 0.6 is 11.6 Å². The summed E-state index contributed by atoms with van der Waals surface area (Å²) in [6, 6.07) is 9.59. The number of nitrogens with zero attached hydrogens (tertiary/aromatic N) is 1. The molecule has 0 unspecified atom stereocenters. The number of carbonyl (C=O) groups excluding carboxylic acids is 2. The summed E-state index contributed by atoms with van der Waals surface area (Å²) in [5.41, 5.74) is 6.45. The zero-order valence-electron chi connectivity index (χ0n) is 17.3. The first-order valence-electron chi connectivity index (χ1n) is 9.77. The fraction of sp³-hybridized carbons (Fsp3) is 0.333.